The van der Waals surface area contributed by atoms with Crippen LogP contribution in [0.15, 0.2) is 24.3 Å². The minimum Gasteiger partial charge on any atom is -0.508 e. The molecule has 0 amide bonds. The predicted octanol–water partition coefficient (Wildman–Crippen LogP) is 6.66. The molecule has 0 heterocycles. The molecule has 0 radical (unpaired) electrons. The van der Waals surface area contributed by atoms with Crippen LogP contribution >= 0.6 is 0 Å². The van der Waals surface area contributed by atoms with Crippen molar-refractivity contribution in [3.8, 4) is 5.75 Å². The number of anilines is 1. The molecule has 0 aliphatic carbocycles. The first kappa shape index (κ1) is 25.8. The molecule has 1 aromatic carbocycles. The summed E-state index contributed by atoms with van der Waals surface area (Å²) in [7, 11) is 0. The van der Waals surface area contributed by atoms with Gasteiger partial charge >= 0.3 is 0 Å². The second-order valence-electron chi connectivity index (χ2n) is 8.25. The van der Waals surface area contributed by atoms with E-state index >= 15 is 0 Å². The third kappa shape index (κ3) is 16.2. The molecule has 1 unspecified atom stereocenters. The molecule has 1 aromatic rings. The maximum Gasteiger partial charge on any atom is 0.115 e. The summed E-state index contributed by atoms with van der Waals surface area (Å²) in [5, 5.41) is 22.3. The van der Waals surface area contributed by atoms with Gasteiger partial charge in [0.1, 0.15) is 5.75 Å². The summed E-state index contributed by atoms with van der Waals surface area (Å²) in [4.78, 5) is 0. The summed E-state index contributed by atoms with van der Waals surface area (Å²) in [6.07, 6.45) is 18.5. The van der Waals surface area contributed by atoms with E-state index in [-0.39, 0.29) is 5.75 Å². The quantitative estimate of drug-likeness (QED) is 0.167. The van der Waals surface area contributed by atoms with Crippen LogP contribution in [-0.4, -0.2) is 36.1 Å². The smallest absolute Gasteiger partial charge is 0.115 e. The van der Waals surface area contributed by atoms with E-state index in [2.05, 4.69) is 12.2 Å². The molecular formula is C25H45NO3. The Balaban J connectivity index is 1.78. The Hall–Kier alpha value is -1.26. The summed E-state index contributed by atoms with van der Waals surface area (Å²) >= 11 is 0. The molecule has 3 N–H and O–H groups in total. The van der Waals surface area contributed by atoms with Crippen molar-refractivity contribution >= 4 is 5.69 Å². The highest BCUT2D eigenvalue weighted by Gasteiger charge is 2.04. The summed E-state index contributed by atoms with van der Waals surface area (Å²) in [5.41, 5.74) is 0.883. The number of benzene rings is 1. The number of aliphatic hydroxyl groups excluding tert-OH is 1. The monoisotopic (exact) mass is 407 g/mol. The van der Waals surface area contributed by atoms with Gasteiger partial charge in [-0.05, 0) is 30.7 Å². The molecule has 0 saturated heterocycles. The predicted molar refractivity (Wildman–Crippen MR) is 124 cm³/mol. The Morgan fingerprint density at radius 1 is 0.759 bits per heavy atom. The number of phenols is 1. The molecular weight excluding hydrogens is 362 g/mol. The lowest BCUT2D eigenvalue weighted by Gasteiger charge is -2.13. The van der Waals surface area contributed by atoms with Crippen molar-refractivity contribution in [2.24, 2.45) is 0 Å². The van der Waals surface area contributed by atoms with Crippen molar-refractivity contribution in [1.82, 2.24) is 0 Å². The van der Waals surface area contributed by atoms with E-state index in [1.165, 1.54) is 83.5 Å². The van der Waals surface area contributed by atoms with Gasteiger partial charge in [0.05, 0.1) is 12.7 Å². The normalized spacial score (nSPS) is 12.2. The Kier molecular flexibility index (Phi) is 16.7. The van der Waals surface area contributed by atoms with Gasteiger partial charge < -0.3 is 20.3 Å². The Bertz CT molecular complexity index is 464. The zero-order chi connectivity index (χ0) is 21.0. The van der Waals surface area contributed by atoms with Crippen molar-refractivity contribution in [1.29, 1.82) is 0 Å². The van der Waals surface area contributed by atoms with Gasteiger partial charge in [-0.25, -0.2) is 0 Å². The minimum absolute atomic E-state index is 0.243. The van der Waals surface area contributed by atoms with Crippen LogP contribution in [0.2, 0.25) is 0 Å². The zero-order valence-electron chi connectivity index (χ0n) is 18.7. The molecule has 0 aromatic heterocycles. The average molecular weight is 408 g/mol. The van der Waals surface area contributed by atoms with Gasteiger partial charge in [-0.3, -0.25) is 0 Å². The van der Waals surface area contributed by atoms with Gasteiger partial charge in [-0.2, -0.15) is 0 Å². The number of phenolic OH excluding ortho intramolecular Hbond substituents is 1. The number of nitrogens with one attached hydrogen (secondary N) is 1. The molecule has 1 atom stereocenters. The first-order chi connectivity index (χ1) is 14.2. The van der Waals surface area contributed by atoms with E-state index in [1.54, 1.807) is 24.3 Å². The SMILES string of the molecule is CCCCCCCCCCCCCCCCOCC(O)CNc1ccc(O)cc1. The van der Waals surface area contributed by atoms with E-state index in [9.17, 15) is 10.2 Å². The van der Waals surface area contributed by atoms with Crippen LogP contribution in [0.4, 0.5) is 5.69 Å². The lowest BCUT2D eigenvalue weighted by molar-refractivity contribution is 0.0416. The summed E-state index contributed by atoms with van der Waals surface area (Å²) in [5.74, 6) is 0.243. The molecule has 0 aliphatic heterocycles. The lowest BCUT2D eigenvalue weighted by Crippen LogP contribution is -2.25. The fourth-order valence-corrected chi connectivity index (χ4v) is 3.49. The van der Waals surface area contributed by atoms with E-state index < -0.39 is 6.10 Å². The van der Waals surface area contributed by atoms with Crippen molar-refractivity contribution in [3.05, 3.63) is 24.3 Å². The molecule has 168 valence electrons. The summed E-state index contributed by atoms with van der Waals surface area (Å²) in [6, 6.07) is 6.83. The molecule has 0 saturated carbocycles. The second-order valence-corrected chi connectivity index (χ2v) is 8.25. The number of unbranched alkanes of at least 4 members (excludes halogenated alkanes) is 13. The van der Waals surface area contributed by atoms with Gasteiger partial charge in [0.2, 0.25) is 0 Å². The maximum absolute atomic E-state index is 9.94. The Labute approximate surface area is 179 Å². The van der Waals surface area contributed by atoms with Gasteiger partial charge in [0.25, 0.3) is 0 Å². The minimum atomic E-state index is -0.518. The van der Waals surface area contributed by atoms with Crippen LogP contribution in [0.5, 0.6) is 5.75 Å². The number of aliphatic hydroxyl groups is 1. The first-order valence-corrected chi connectivity index (χ1v) is 12.0. The number of aromatic hydroxyl groups is 1. The number of hydrogen-bond acceptors (Lipinski definition) is 4. The highest BCUT2D eigenvalue weighted by atomic mass is 16.5. The molecule has 0 bridgehead atoms. The third-order valence-corrected chi connectivity index (χ3v) is 5.36. The third-order valence-electron chi connectivity index (χ3n) is 5.36. The molecule has 0 aliphatic rings. The Morgan fingerprint density at radius 2 is 1.24 bits per heavy atom. The zero-order valence-corrected chi connectivity index (χ0v) is 18.7. The summed E-state index contributed by atoms with van der Waals surface area (Å²) in [6.45, 7) is 3.82. The fourth-order valence-electron chi connectivity index (χ4n) is 3.49. The fraction of sp³-hybridized carbons (Fsp3) is 0.760. The van der Waals surface area contributed by atoms with Crippen molar-refractivity contribution in [2.45, 2.75) is 103 Å². The van der Waals surface area contributed by atoms with Crippen LogP contribution in [0, 0.1) is 0 Å². The molecule has 0 fully saturated rings. The van der Waals surface area contributed by atoms with E-state index in [4.69, 9.17) is 4.74 Å². The number of ether oxygens (including phenoxy) is 1. The largest absolute Gasteiger partial charge is 0.508 e. The first-order valence-electron chi connectivity index (χ1n) is 12.0. The van der Waals surface area contributed by atoms with Gasteiger partial charge in [-0.15, -0.1) is 0 Å². The Morgan fingerprint density at radius 3 is 1.76 bits per heavy atom. The molecule has 4 nitrogen and oxygen atoms in total. The van der Waals surface area contributed by atoms with E-state index in [0.717, 1.165) is 18.7 Å². The van der Waals surface area contributed by atoms with Gasteiger partial charge in [0.15, 0.2) is 0 Å². The molecule has 4 heteroatoms. The van der Waals surface area contributed by atoms with Gasteiger partial charge in [0, 0.05) is 18.8 Å². The summed E-state index contributed by atoms with van der Waals surface area (Å²) < 4.78 is 5.58. The van der Waals surface area contributed by atoms with Crippen LogP contribution in [0.25, 0.3) is 0 Å². The molecule has 0 spiro atoms. The van der Waals surface area contributed by atoms with Crippen LogP contribution < -0.4 is 5.32 Å². The lowest BCUT2D eigenvalue weighted by atomic mass is 10.0. The maximum atomic E-state index is 9.94. The topological polar surface area (TPSA) is 61.7 Å². The highest BCUT2D eigenvalue weighted by molar-refractivity contribution is 5.45. The van der Waals surface area contributed by atoms with Crippen LogP contribution in [-0.2, 0) is 4.74 Å². The van der Waals surface area contributed by atoms with Crippen LogP contribution in [0.1, 0.15) is 96.8 Å². The standard InChI is InChI=1S/C25H45NO3/c1-2-3-4-5-6-7-8-9-10-11-12-13-14-15-20-29-22-25(28)21-26-23-16-18-24(27)19-17-23/h16-19,25-28H,2-15,20-22H2,1H3. The van der Waals surface area contributed by atoms with E-state index in [1.807, 2.05) is 0 Å². The van der Waals surface area contributed by atoms with Gasteiger partial charge in [-0.1, -0.05) is 90.4 Å². The van der Waals surface area contributed by atoms with E-state index in [0.29, 0.717) is 13.2 Å². The molecule has 29 heavy (non-hydrogen) atoms. The highest BCUT2D eigenvalue weighted by Crippen LogP contribution is 2.14. The van der Waals surface area contributed by atoms with Crippen molar-refractivity contribution < 1.29 is 14.9 Å². The number of hydrogen-bond donors (Lipinski definition) is 3. The van der Waals surface area contributed by atoms with Crippen molar-refractivity contribution in [3.63, 3.8) is 0 Å². The number of rotatable bonds is 20. The van der Waals surface area contributed by atoms with Crippen LogP contribution in [0.3, 0.4) is 0 Å². The van der Waals surface area contributed by atoms with Crippen molar-refractivity contribution in [2.75, 3.05) is 25.1 Å². The molecule has 1 rings (SSSR count). The second kappa shape index (κ2) is 18.7. The average Bonchev–Trinajstić information content (AvgIpc) is 2.73.